The number of hydrogen-bond acceptors (Lipinski definition) is 4. The number of likely N-dealkylation sites (tertiary alicyclic amines) is 1. The molecule has 0 saturated carbocycles. The second kappa shape index (κ2) is 8.37. The SMILES string of the molecule is NC(=O)C1CCN(C(=O)CNC(=O)[C@H]2CC(=O)N(c3ccc(F)cc3)C2)CC1. The molecule has 9 heteroatoms. The van der Waals surface area contributed by atoms with Crippen molar-refractivity contribution in [2.75, 3.05) is 31.1 Å². The van der Waals surface area contributed by atoms with Crippen molar-refractivity contribution >= 4 is 29.3 Å². The van der Waals surface area contributed by atoms with Crippen molar-refractivity contribution < 1.29 is 23.6 Å². The predicted octanol–water partition coefficient (Wildman–Crippen LogP) is 0.0187. The maximum atomic E-state index is 13.0. The molecule has 1 aromatic rings. The molecule has 150 valence electrons. The van der Waals surface area contributed by atoms with Crippen LogP contribution in [0.15, 0.2) is 24.3 Å². The number of halogens is 1. The summed E-state index contributed by atoms with van der Waals surface area (Å²) >= 11 is 0. The zero-order chi connectivity index (χ0) is 20.3. The highest BCUT2D eigenvalue weighted by atomic mass is 19.1. The van der Waals surface area contributed by atoms with Crippen molar-refractivity contribution in [3.05, 3.63) is 30.1 Å². The second-order valence-corrected chi connectivity index (χ2v) is 7.16. The smallest absolute Gasteiger partial charge is 0.241 e. The molecule has 1 atom stereocenters. The van der Waals surface area contributed by atoms with Gasteiger partial charge in [-0.15, -0.1) is 0 Å². The molecule has 3 N–H and O–H groups in total. The molecule has 0 spiro atoms. The van der Waals surface area contributed by atoms with Crippen LogP contribution in [0.25, 0.3) is 0 Å². The van der Waals surface area contributed by atoms with Crippen LogP contribution in [-0.4, -0.2) is 54.7 Å². The van der Waals surface area contributed by atoms with Crippen LogP contribution in [0, 0.1) is 17.7 Å². The summed E-state index contributed by atoms with van der Waals surface area (Å²) in [6.07, 6.45) is 1.10. The summed E-state index contributed by atoms with van der Waals surface area (Å²) in [6, 6.07) is 5.51. The first-order valence-electron chi connectivity index (χ1n) is 9.26. The van der Waals surface area contributed by atoms with Gasteiger partial charge in [0.2, 0.25) is 23.6 Å². The lowest BCUT2D eigenvalue weighted by Crippen LogP contribution is -2.46. The number of nitrogens with one attached hydrogen (secondary N) is 1. The molecular weight excluding hydrogens is 367 g/mol. The van der Waals surface area contributed by atoms with E-state index < -0.39 is 11.7 Å². The Bertz CT molecular complexity index is 775. The summed E-state index contributed by atoms with van der Waals surface area (Å²) in [5, 5.41) is 2.60. The molecule has 0 radical (unpaired) electrons. The Hall–Kier alpha value is -2.97. The average molecular weight is 390 g/mol. The van der Waals surface area contributed by atoms with Gasteiger partial charge in [0.1, 0.15) is 5.82 Å². The molecule has 4 amide bonds. The molecule has 1 aromatic carbocycles. The third-order valence-electron chi connectivity index (χ3n) is 5.30. The van der Waals surface area contributed by atoms with E-state index in [4.69, 9.17) is 5.73 Å². The van der Waals surface area contributed by atoms with Crippen LogP contribution >= 0.6 is 0 Å². The van der Waals surface area contributed by atoms with E-state index in [1.807, 2.05) is 0 Å². The number of primary amides is 1. The van der Waals surface area contributed by atoms with Crippen LogP contribution in [0.1, 0.15) is 19.3 Å². The average Bonchev–Trinajstić information content (AvgIpc) is 3.08. The van der Waals surface area contributed by atoms with Crippen molar-refractivity contribution in [2.24, 2.45) is 17.6 Å². The fourth-order valence-corrected chi connectivity index (χ4v) is 3.59. The van der Waals surface area contributed by atoms with Gasteiger partial charge in [0, 0.05) is 37.7 Å². The minimum atomic E-state index is -0.564. The first kappa shape index (κ1) is 19.8. The monoisotopic (exact) mass is 390 g/mol. The summed E-state index contributed by atoms with van der Waals surface area (Å²) in [5.74, 6) is -2.33. The lowest BCUT2D eigenvalue weighted by Gasteiger charge is -2.30. The van der Waals surface area contributed by atoms with Gasteiger partial charge in [-0.2, -0.15) is 0 Å². The number of carbonyl (C=O) groups excluding carboxylic acids is 4. The van der Waals surface area contributed by atoms with E-state index >= 15 is 0 Å². The van der Waals surface area contributed by atoms with E-state index in [1.54, 1.807) is 4.90 Å². The maximum absolute atomic E-state index is 13.0. The molecule has 8 nitrogen and oxygen atoms in total. The zero-order valence-electron chi connectivity index (χ0n) is 15.4. The highest BCUT2D eigenvalue weighted by Gasteiger charge is 2.35. The van der Waals surface area contributed by atoms with Crippen molar-refractivity contribution in [2.45, 2.75) is 19.3 Å². The van der Waals surface area contributed by atoms with Crippen LogP contribution in [0.4, 0.5) is 10.1 Å². The molecule has 0 unspecified atom stereocenters. The fourth-order valence-electron chi connectivity index (χ4n) is 3.59. The van der Waals surface area contributed by atoms with E-state index in [0.29, 0.717) is 31.6 Å². The number of nitrogens with zero attached hydrogens (tertiary/aromatic N) is 2. The molecule has 2 saturated heterocycles. The first-order valence-corrected chi connectivity index (χ1v) is 9.26. The maximum Gasteiger partial charge on any atom is 0.241 e. The van der Waals surface area contributed by atoms with Gasteiger partial charge in [0.25, 0.3) is 0 Å². The van der Waals surface area contributed by atoms with Gasteiger partial charge in [0.05, 0.1) is 12.5 Å². The van der Waals surface area contributed by atoms with Gasteiger partial charge in [0.15, 0.2) is 0 Å². The largest absolute Gasteiger partial charge is 0.369 e. The number of piperidine rings is 1. The van der Waals surface area contributed by atoms with Gasteiger partial charge in [-0.3, -0.25) is 19.2 Å². The lowest BCUT2D eigenvalue weighted by molar-refractivity contribution is -0.136. The van der Waals surface area contributed by atoms with Crippen molar-refractivity contribution in [1.82, 2.24) is 10.2 Å². The minimum Gasteiger partial charge on any atom is -0.369 e. The predicted molar refractivity (Wildman–Crippen MR) is 98.4 cm³/mol. The summed E-state index contributed by atoms with van der Waals surface area (Å²) < 4.78 is 13.0. The van der Waals surface area contributed by atoms with Gasteiger partial charge >= 0.3 is 0 Å². The molecule has 0 aromatic heterocycles. The summed E-state index contributed by atoms with van der Waals surface area (Å²) in [6.45, 7) is 0.904. The van der Waals surface area contributed by atoms with Crippen molar-refractivity contribution in [3.8, 4) is 0 Å². The standard InChI is InChI=1S/C19H23FN4O4/c20-14-1-3-15(4-2-14)24-11-13(9-16(24)25)19(28)22-10-17(26)23-7-5-12(6-8-23)18(21)27/h1-4,12-13H,5-11H2,(H2,21,27)(H,22,28)/t13-/m0/s1. The number of benzene rings is 1. The summed E-state index contributed by atoms with van der Waals surface area (Å²) in [4.78, 5) is 51.0. The Labute approximate surface area is 161 Å². The Morgan fingerprint density at radius 1 is 1.11 bits per heavy atom. The number of nitrogens with two attached hydrogens (primary N) is 1. The highest BCUT2D eigenvalue weighted by molar-refractivity contribution is 6.00. The molecule has 28 heavy (non-hydrogen) atoms. The molecule has 0 bridgehead atoms. The van der Waals surface area contributed by atoms with E-state index in [9.17, 15) is 23.6 Å². The molecule has 0 aliphatic carbocycles. The van der Waals surface area contributed by atoms with Crippen LogP contribution < -0.4 is 16.0 Å². The topological polar surface area (TPSA) is 113 Å². The van der Waals surface area contributed by atoms with Gasteiger partial charge in [-0.1, -0.05) is 0 Å². The second-order valence-electron chi connectivity index (χ2n) is 7.16. The first-order chi connectivity index (χ1) is 13.3. The molecule has 2 heterocycles. The number of hydrogen-bond donors (Lipinski definition) is 2. The Kier molecular flexibility index (Phi) is 5.91. The van der Waals surface area contributed by atoms with Crippen LogP contribution in [-0.2, 0) is 19.2 Å². The molecule has 2 aliphatic heterocycles. The van der Waals surface area contributed by atoms with E-state index in [0.717, 1.165) is 0 Å². The fraction of sp³-hybridized carbons (Fsp3) is 0.474. The Morgan fingerprint density at radius 2 is 1.75 bits per heavy atom. The zero-order valence-corrected chi connectivity index (χ0v) is 15.4. The third-order valence-corrected chi connectivity index (χ3v) is 5.30. The van der Waals surface area contributed by atoms with Crippen LogP contribution in [0.2, 0.25) is 0 Å². The van der Waals surface area contributed by atoms with Crippen LogP contribution in [0.3, 0.4) is 0 Å². The van der Waals surface area contributed by atoms with Gasteiger partial charge < -0.3 is 20.9 Å². The molecule has 2 fully saturated rings. The van der Waals surface area contributed by atoms with Gasteiger partial charge in [-0.05, 0) is 37.1 Å². The highest BCUT2D eigenvalue weighted by Crippen LogP contribution is 2.25. The quantitative estimate of drug-likeness (QED) is 0.738. The Morgan fingerprint density at radius 3 is 2.36 bits per heavy atom. The summed E-state index contributed by atoms with van der Waals surface area (Å²) in [7, 11) is 0. The molecule has 3 rings (SSSR count). The number of carbonyl (C=O) groups is 4. The Balaban J connectivity index is 1.47. The van der Waals surface area contributed by atoms with E-state index in [2.05, 4.69) is 5.32 Å². The van der Waals surface area contributed by atoms with Crippen molar-refractivity contribution in [1.29, 1.82) is 0 Å². The molecule has 2 aliphatic rings. The number of rotatable bonds is 5. The van der Waals surface area contributed by atoms with Crippen molar-refractivity contribution in [3.63, 3.8) is 0 Å². The summed E-state index contributed by atoms with van der Waals surface area (Å²) in [5.41, 5.74) is 5.82. The minimum absolute atomic E-state index is 0.0431. The molecular formula is C19H23FN4O4. The van der Waals surface area contributed by atoms with E-state index in [1.165, 1.54) is 29.2 Å². The third kappa shape index (κ3) is 4.47. The number of amides is 4. The number of anilines is 1. The van der Waals surface area contributed by atoms with Crippen LogP contribution in [0.5, 0.6) is 0 Å². The van der Waals surface area contributed by atoms with Gasteiger partial charge in [-0.25, -0.2) is 4.39 Å². The lowest BCUT2D eigenvalue weighted by atomic mass is 9.96. The normalized spacial score (nSPS) is 20.3. The van der Waals surface area contributed by atoms with E-state index in [-0.39, 0.29) is 49.1 Å².